The van der Waals surface area contributed by atoms with Crippen molar-refractivity contribution in [3.63, 3.8) is 0 Å². The molecule has 0 saturated carbocycles. The molecule has 0 atom stereocenters. The van der Waals surface area contributed by atoms with Gasteiger partial charge in [-0.3, -0.25) is 9.59 Å². The van der Waals surface area contributed by atoms with E-state index >= 15 is 0 Å². The molecule has 3 aromatic rings. The average Bonchev–Trinajstić information content (AvgIpc) is 3.04. The number of H-pyrrole nitrogens is 1. The van der Waals surface area contributed by atoms with Gasteiger partial charge in [-0.15, -0.1) is 11.3 Å². The van der Waals surface area contributed by atoms with Crippen LogP contribution in [0.1, 0.15) is 17.0 Å². The summed E-state index contributed by atoms with van der Waals surface area (Å²) in [5.74, 6) is 0.931. The van der Waals surface area contributed by atoms with Crippen LogP contribution in [0, 0.1) is 13.8 Å². The number of aryl methyl sites for hydroxylation is 2. The van der Waals surface area contributed by atoms with Gasteiger partial charge in [-0.05, 0) is 48.6 Å². The molecule has 1 aromatic carbocycles. The van der Waals surface area contributed by atoms with Crippen LogP contribution in [-0.2, 0) is 11.3 Å². The minimum absolute atomic E-state index is 0.0655. The van der Waals surface area contributed by atoms with Gasteiger partial charge in [-0.2, -0.15) is 0 Å². The molecule has 3 rings (SSSR count). The summed E-state index contributed by atoms with van der Waals surface area (Å²) in [5, 5.41) is 1.82. The van der Waals surface area contributed by atoms with Crippen LogP contribution in [0.25, 0.3) is 10.2 Å². The number of carbonyl (C=O) groups excluding carboxylic acids is 1. The second-order valence-corrected chi connectivity index (χ2v) is 6.85. The van der Waals surface area contributed by atoms with Gasteiger partial charge in [0.05, 0.1) is 12.1 Å². The predicted octanol–water partition coefficient (Wildman–Crippen LogP) is 2.64. The molecule has 2 aromatic heterocycles. The molecule has 0 aliphatic heterocycles. The van der Waals surface area contributed by atoms with Crippen molar-refractivity contribution < 1.29 is 9.53 Å². The number of fused-ring (bicyclic) bond motifs is 1. The summed E-state index contributed by atoms with van der Waals surface area (Å²) in [6.07, 6.45) is 0. The molecule has 1 amide bonds. The minimum Gasteiger partial charge on any atom is -0.484 e. The molecule has 130 valence electrons. The summed E-state index contributed by atoms with van der Waals surface area (Å²) in [6.45, 7) is 4.18. The fourth-order valence-corrected chi connectivity index (χ4v) is 3.09. The number of nitrogens with zero attached hydrogens (tertiary/aromatic N) is 2. The zero-order chi connectivity index (χ0) is 18.0. The maximum absolute atomic E-state index is 12.3. The molecule has 6 nitrogen and oxygen atoms in total. The standard InChI is InChI=1S/C18H19N3O3S/c1-11-4-5-13(8-12(11)2)24-10-16(22)21(3)9-15-19-14-6-7-25-17(14)18(23)20-15/h4-8H,9-10H2,1-3H3,(H,19,20,23). The summed E-state index contributed by atoms with van der Waals surface area (Å²) in [7, 11) is 1.66. The lowest BCUT2D eigenvalue weighted by atomic mass is 10.1. The lowest BCUT2D eigenvalue weighted by Crippen LogP contribution is -2.32. The van der Waals surface area contributed by atoms with E-state index in [4.69, 9.17) is 4.74 Å². The highest BCUT2D eigenvalue weighted by Crippen LogP contribution is 2.17. The van der Waals surface area contributed by atoms with Gasteiger partial charge in [0.25, 0.3) is 11.5 Å². The van der Waals surface area contributed by atoms with Crippen molar-refractivity contribution >= 4 is 27.5 Å². The molecule has 7 heteroatoms. The Morgan fingerprint density at radius 3 is 2.84 bits per heavy atom. The van der Waals surface area contributed by atoms with Crippen LogP contribution in [0.15, 0.2) is 34.4 Å². The van der Waals surface area contributed by atoms with E-state index in [2.05, 4.69) is 9.97 Å². The van der Waals surface area contributed by atoms with Gasteiger partial charge in [0.2, 0.25) is 0 Å². The fraction of sp³-hybridized carbons (Fsp3) is 0.278. The predicted molar refractivity (Wildman–Crippen MR) is 98.1 cm³/mol. The second-order valence-electron chi connectivity index (χ2n) is 5.93. The SMILES string of the molecule is Cc1ccc(OCC(=O)N(C)Cc2nc3ccsc3c(=O)[nH]2)cc1C. The number of hydrogen-bond acceptors (Lipinski definition) is 5. The second kappa shape index (κ2) is 7.06. The van der Waals surface area contributed by atoms with Crippen molar-refractivity contribution in [2.24, 2.45) is 0 Å². The number of aromatic amines is 1. The number of ether oxygens (including phenoxy) is 1. The zero-order valence-corrected chi connectivity index (χ0v) is 15.1. The molecule has 1 N–H and O–H groups in total. The summed E-state index contributed by atoms with van der Waals surface area (Å²) in [4.78, 5) is 32.8. The molecule has 0 saturated heterocycles. The third kappa shape index (κ3) is 3.88. The zero-order valence-electron chi connectivity index (χ0n) is 14.3. The fourth-order valence-electron chi connectivity index (χ4n) is 2.37. The highest BCUT2D eigenvalue weighted by molar-refractivity contribution is 7.17. The van der Waals surface area contributed by atoms with E-state index in [1.807, 2.05) is 37.4 Å². The summed E-state index contributed by atoms with van der Waals surface area (Å²) >= 11 is 1.35. The number of hydrogen-bond donors (Lipinski definition) is 1. The quantitative estimate of drug-likeness (QED) is 0.762. The minimum atomic E-state index is -0.189. The number of aromatic nitrogens is 2. The third-order valence-electron chi connectivity index (χ3n) is 4.02. The Hall–Kier alpha value is -2.67. The molecule has 25 heavy (non-hydrogen) atoms. The average molecular weight is 357 g/mol. The van der Waals surface area contributed by atoms with Gasteiger partial charge in [-0.25, -0.2) is 4.98 Å². The van der Waals surface area contributed by atoms with E-state index in [1.54, 1.807) is 13.1 Å². The number of rotatable bonds is 5. The Kier molecular flexibility index (Phi) is 4.85. The first-order valence-electron chi connectivity index (χ1n) is 7.84. The molecule has 2 heterocycles. The van der Waals surface area contributed by atoms with Crippen LogP contribution in [0.2, 0.25) is 0 Å². The van der Waals surface area contributed by atoms with Gasteiger partial charge >= 0.3 is 0 Å². The van der Waals surface area contributed by atoms with Crippen molar-refractivity contribution in [3.05, 3.63) is 57.0 Å². The van der Waals surface area contributed by atoms with E-state index in [9.17, 15) is 9.59 Å². The van der Waals surface area contributed by atoms with Crippen molar-refractivity contribution in [2.75, 3.05) is 13.7 Å². The number of amides is 1. The van der Waals surface area contributed by atoms with E-state index in [0.29, 0.717) is 21.8 Å². The molecular weight excluding hydrogens is 338 g/mol. The summed E-state index contributed by atoms with van der Waals surface area (Å²) in [6, 6.07) is 7.51. The Labute approximate surface area is 149 Å². The van der Waals surface area contributed by atoms with Crippen LogP contribution in [-0.4, -0.2) is 34.4 Å². The molecule has 0 aliphatic carbocycles. The van der Waals surface area contributed by atoms with Crippen LogP contribution in [0.3, 0.4) is 0 Å². The molecule has 0 unspecified atom stereocenters. The number of nitrogens with one attached hydrogen (secondary N) is 1. The molecule has 0 fully saturated rings. The first-order valence-corrected chi connectivity index (χ1v) is 8.72. The largest absolute Gasteiger partial charge is 0.484 e. The smallest absolute Gasteiger partial charge is 0.268 e. The van der Waals surface area contributed by atoms with Crippen molar-refractivity contribution in [1.82, 2.24) is 14.9 Å². The van der Waals surface area contributed by atoms with Crippen molar-refractivity contribution in [3.8, 4) is 5.75 Å². The van der Waals surface area contributed by atoms with Gasteiger partial charge in [-0.1, -0.05) is 6.07 Å². The number of carbonyl (C=O) groups is 1. The maximum Gasteiger partial charge on any atom is 0.268 e. The lowest BCUT2D eigenvalue weighted by molar-refractivity contribution is -0.132. The van der Waals surface area contributed by atoms with Crippen LogP contribution >= 0.6 is 11.3 Å². The summed E-state index contributed by atoms with van der Waals surface area (Å²) < 4.78 is 6.16. The van der Waals surface area contributed by atoms with Crippen molar-refractivity contribution in [1.29, 1.82) is 0 Å². The highest BCUT2D eigenvalue weighted by Gasteiger charge is 2.13. The normalized spacial score (nSPS) is 10.8. The molecule has 0 spiro atoms. The van der Waals surface area contributed by atoms with Gasteiger partial charge in [0.15, 0.2) is 6.61 Å². The highest BCUT2D eigenvalue weighted by atomic mass is 32.1. The summed E-state index contributed by atoms with van der Waals surface area (Å²) in [5.41, 5.74) is 2.76. The van der Waals surface area contributed by atoms with Gasteiger partial charge in [0, 0.05) is 7.05 Å². The molecule has 0 radical (unpaired) electrons. The van der Waals surface area contributed by atoms with E-state index in [1.165, 1.54) is 21.8 Å². The Balaban J connectivity index is 1.63. The van der Waals surface area contributed by atoms with E-state index in [-0.39, 0.29) is 24.6 Å². The first kappa shape index (κ1) is 17.2. The number of benzene rings is 1. The van der Waals surface area contributed by atoms with Crippen LogP contribution < -0.4 is 10.3 Å². The van der Waals surface area contributed by atoms with Gasteiger partial charge < -0.3 is 14.6 Å². The van der Waals surface area contributed by atoms with Crippen LogP contribution in [0.5, 0.6) is 5.75 Å². The number of likely N-dealkylation sites (N-methyl/N-ethyl adjacent to an activating group) is 1. The lowest BCUT2D eigenvalue weighted by Gasteiger charge is -2.17. The first-order chi connectivity index (χ1) is 11.9. The number of thiophene rings is 1. The van der Waals surface area contributed by atoms with E-state index in [0.717, 1.165) is 5.56 Å². The molecular formula is C18H19N3O3S. The Morgan fingerprint density at radius 1 is 1.28 bits per heavy atom. The Morgan fingerprint density at radius 2 is 2.08 bits per heavy atom. The van der Waals surface area contributed by atoms with Crippen LogP contribution in [0.4, 0.5) is 0 Å². The van der Waals surface area contributed by atoms with Crippen molar-refractivity contribution in [2.45, 2.75) is 20.4 Å². The monoisotopic (exact) mass is 357 g/mol. The molecule has 0 bridgehead atoms. The van der Waals surface area contributed by atoms with Gasteiger partial charge in [0.1, 0.15) is 16.3 Å². The maximum atomic E-state index is 12.3. The Bertz CT molecular complexity index is 977. The topological polar surface area (TPSA) is 75.3 Å². The van der Waals surface area contributed by atoms with E-state index < -0.39 is 0 Å². The molecule has 0 aliphatic rings. The third-order valence-corrected chi connectivity index (χ3v) is 4.92.